The van der Waals surface area contributed by atoms with Crippen LogP contribution in [-0.2, 0) is 0 Å². The Morgan fingerprint density at radius 2 is 2.17 bits per heavy atom. The second-order valence-electron chi connectivity index (χ2n) is 2.63. The molecule has 2 nitrogen and oxygen atoms in total. The van der Waals surface area contributed by atoms with Gasteiger partial charge in [0.1, 0.15) is 5.02 Å². The molecule has 1 heterocycles. The molecule has 0 amide bonds. The topological polar surface area (TPSA) is 40.2 Å². The molecule has 0 radical (unpaired) electrons. The van der Waals surface area contributed by atoms with Crippen LogP contribution in [0.2, 0.25) is 5.02 Å². The molecule has 0 fully saturated rings. The summed E-state index contributed by atoms with van der Waals surface area (Å²) in [6, 6.07) is 7.57. The van der Waals surface area contributed by atoms with E-state index in [4.69, 9.17) is 17.3 Å². The van der Waals surface area contributed by atoms with E-state index >= 15 is 0 Å². The predicted octanol–water partition coefficient (Wildman–Crippen LogP) is 1.89. The minimum Gasteiger partial charge on any atom is -0.398 e. The minimum absolute atomic E-state index is 0.667. The Labute approximate surface area is 75.0 Å². The lowest BCUT2D eigenvalue weighted by Crippen LogP contribution is -2.03. The van der Waals surface area contributed by atoms with Crippen molar-refractivity contribution in [3.05, 3.63) is 35.5 Å². The third-order valence-electron chi connectivity index (χ3n) is 1.79. The standard InChI is InChI=1S/C9H7ClN2/c10-6-4-7-8(11)2-1-3-9(7)12-5-6/h1-5H,11H2/p+1. The highest BCUT2D eigenvalue weighted by Gasteiger charge is 2.03. The number of nitrogens with one attached hydrogen (secondary N) is 1. The maximum atomic E-state index is 5.80. The lowest BCUT2D eigenvalue weighted by atomic mass is 10.2. The fraction of sp³-hybridized carbons (Fsp3) is 0. The highest BCUT2D eigenvalue weighted by atomic mass is 35.5. The van der Waals surface area contributed by atoms with Crippen molar-refractivity contribution in [3.63, 3.8) is 0 Å². The highest BCUT2D eigenvalue weighted by molar-refractivity contribution is 6.31. The molecule has 0 aliphatic heterocycles. The maximum Gasteiger partial charge on any atom is 0.212 e. The molecule has 0 saturated heterocycles. The zero-order valence-corrected chi connectivity index (χ0v) is 7.10. The third kappa shape index (κ3) is 1.10. The van der Waals surface area contributed by atoms with Gasteiger partial charge in [-0.15, -0.1) is 0 Å². The van der Waals surface area contributed by atoms with Gasteiger partial charge in [0.25, 0.3) is 0 Å². The number of benzene rings is 1. The second-order valence-corrected chi connectivity index (χ2v) is 3.06. The number of pyridine rings is 1. The van der Waals surface area contributed by atoms with Gasteiger partial charge in [0.15, 0.2) is 6.20 Å². The van der Waals surface area contributed by atoms with Crippen molar-refractivity contribution in [1.82, 2.24) is 0 Å². The molecule has 0 aliphatic rings. The van der Waals surface area contributed by atoms with Crippen LogP contribution in [0.25, 0.3) is 10.9 Å². The number of nitrogens with two attached hydrogens (primary N) is 1. The van der Waals surface area contributed by atoms with E-state index in [1.165, 1.54) is 0 Å². The van der Waals surface area contributed by atoms with Crippen molar-refractivity contribution in [1.29, 1.82) is 0 Å². The van der Waals surface area contributed by atoms with Gasteiger partial charge in [-0.05, 0) is 12.1 Å². The fourth-order valence-electron chi connectivity index (χ4n) is 1.20. The number of aromatic amines is 1. The van der Waals surface area contributed by atoms with E-state index in [9.17, 15) is 0 Å². The number of nitrogen functional groups attached to an aromatic ring is 1. The number of rotatable bonds is 0. The monoisotopic (exact) mass is 179 g/mol. The SMILES string of the molecule is Nc1cccc2[nH+]cc(Cl)cc12. The molecular formula is C9H8ClN2+. The number of anilines is 1. The van der Waals surface area contributed by atoms with Gasteiger partial charge < -0.3 is 5.73 Å². The first-order valence-electron chi connectivity index (χ1n) is 3.63. The van der Waals surface area contributed by atoms with Crippen LogP contribution in [0.15, 0.2) is 30.5 Å². The van der Waals surface area contributed by atoms with Crippen LogP contribution >= 0.6 is 11.6 Å². The number of halogens is 1. The van der Waals surface area contributed by atoms with Crippen LogP contribution in [0.1, 0.15) is 0 Å². The zero-order chi connectivity index (χ0) is 8.55. The quantitative estimate of drug-likeness (QED) is 0.617. The molecule has 60 valence electrons. The van der Waals surface area contributed by atoms with Gasteiger partial charge in [-0.3, -0.25) is 0 Å². The van der Waals surface area contributed by atoms with Crippen LogP contribution in [0.5, 0.6) is 0 Å². The summed E-state index contributed by atoms with van der Waals surface area (Å²) in [5, 5.41) is 1.63. The largest absolute Gasteiger partial charge is 0.398 e. The van der Waals surface area contributed by atoms with E-state index in [1.807, 2.05) is 24.3 Å². The average molecular weight is 180 g/mol. The van der Waals surface area contributed by atoms with Gasteiger partial charge in [-0.2, -0.15) is 0 Å². The Morgan fingerprint density at radius 1 is 1.33 bits per heavy atom. The normalized spacial score (nSPS) is 10.4. The number of fused-ring (bicyclic) bond motifs is 1. The smallest absolute Gasteiger partial charge is 0.212 e. The molecular weight excluding hydrogens is 172 g/mol. The van der Waals surface area contributed by atoms with Gasteiger partial charge in [0.05, 0.1) is 5.39 Å². The summed E-state index contributed by atoms with van der Waals surface area (Å²) in [6.45, 7) is 0. The summed E-state index contributed by atoms with van der Waals surface area (Å²) in [4.78, 5) is 3.05. The average Bonchev–Trinajstić information content (AvgIpc) is 2.07. The van der Waals surface area contributed by atoms with Crippen LogP contribution in [0.3, 0.4) is 0 Å². The lowest BCUT2D eigenvalue weighted by molar-refractivity contribution is -0.344. The first kappa shape index (κ1) is 7.37. The van der Waals surface area contributed by atoms with Gasteiger partial charge in [-0.1, -0.05) is 17.7 Å². The van der Waals surface area contributed by atoms with Crippen molar-refractivity contribution < 1.29 is 4.98 Å². The third-order valence-corrected chi connectivity index (χ3v) is 2.01. The molecule has 3 N–H and O–H groups in total. The van der Waals surface area contributed by atoms with Crippen LogP contribution in [0.4, 0.5) is 5.69 Å². The van der Waals surface area contributed by atoms with E-state index in [0.29, 0.717) is 5.02 Å². The molecule has 1 aromatic heterocycles. The van der Waals surface area contributed by atoms with Gasteiger partial charge in [0.2, 0.25) is 5.52 Å². The summed E-state index contributed by atoms with van der Waals surface area (Å²) in [7, 11) is 0. The van der Waals surface area contributed by atoms with Crippen LogP contribution in [-0.4, -0.2) is 0 Å². The van der Waals surface area contributed by atoms with Crippen molar-refractivity contribution in [2.45, 2.75) is 0 Å². The summed E-state index contributed by atoms with van der Waals surface area (Å²) in [5.41, 5.74) is 7.49. The Balaban J connectivity index is 2.88. The van der Waals surface area contributed by atoms with Crippen molar-refractivity contribution in [2.24, 2.45) is 0 Å². The van der Waals surface area contributed by atoms with Crippen molar-refractivity contribution >= 4 is 28.2 Å². The molecule has 2 aromatic rings. The van der Waals surface area contributed by atoms with E-state index in [2.05, 4.69) is 4.98 Å². The van der Waals surface area contributed by atoms with E-state index in [0.717, 1.165) is 16.6 Å². The molecule has 0 aliphatic carbocycles. The Morgan fingerprint density at radius 3 is 3.00 bits per heavy atom. The molecule has 0 unspecified atom stereocenters. The molecule has 0 bridgehead atoms. The maximum absolute atomic E-state index is 5.80. The molecule has 3 heteroatoms. The highest BCUT2D eigenvalue weighted by Crippen LogP contribution is 2.19. The number of aromatic nitrogens is 1. The van der Waals surface area contributed by atoms with E-state index in [-0.39, 0.29) is 0 Å². The fourth-order valence-corrected chi connectivity index (χ4v) is 1.36. The van der Waals surface area contributed by atoms with Gasteiger partial charge in [0, 0.05) is 11.8 Å². The molecule has 0 saturated carbocycles. The van der Waals surface area contributed by atoms with Crippen molar-refractivity contribution in [3.8, 4) is 0 Å². The summed E-state index contributed by atoms with van der Waals surface area (Å²) >= 11 is 5.80. The zero-order valence-electron chi connectivity index (χ0n) is 6.34. The summed E-state index contributed by atoms with van der Waals surface area (Å²) < 4.78 is 0. The van der Waals surface area contributed by atoms with Crippen LogP contribution in [0, 0.1) is 0 Å². The molecule has 1 aromatic carbocycles. The molecule has 2 rings (SSSR count). The lowest BCUT2D eigenvalue weighted by Gasteiger charge is -1.95. The Bertz CT molecular complexity index is 426. The minimum atomic E-state index is 0.667. The van der Waals surface area contributed by atoms with Crippen LogP contribution < -0.4 is 10.7 Å². The number of hydrogen-bond donors (Lipinski definition) is 1. The molecule has 0 atom stereocenters. The molecule has 0 spiro atoms. The number of hydrogen-bond acceptors (Lipinski definition) is 1. The first-order valence-corrected chi connectivity index (χ1v) is 4.00. The number of H-pyrrole nitrogens is 1. The summed E-state index contributed by atoms with van der Waals surface area (Å²) in [5.74, 6) is 0. The van der Waals surface area contributed by atoms with E-state index in [1.54, 1.807) is 6.20 Å². The molecule has 12 heavy (non-hydrogen) atoms. The Kier molecular flexibility index (Phi) is 1.62. The van der Waals surface area contributed by atoms with Crippen molar-refractivity contribution in [2.75, 3.05) is 5.73 Å². The van der Waals surface area contributed by atoms with Gasteiger partial charge >= 0.3 is 0 Å². The van der Waals surface area contributed by atoms with Gasteiger partial charge in [-0.25, -0.2) is 4.98 Å². The first-order chi connectivity index (χ1) is 5.77. The second kappa shape index (κ2) is 2.64. The van der Waals surface area contributed by atoms with E-state index < -0.39 is 0 Å². The Hall–Kier alpha value is -1.28. The predicted molar refractivity (Wildman–Crippen MR) is 49.9 cm³/mol. The summed E-state index contributed by atoms with van der Waals surface area (Å²) in [6.07, 6.45) is 1.74.